The molecule has 2 aromatic rings. The number of nitrogens with two attached hydrogens (primary N) is 1. The molecule has 1 aromatic heterocycles. The van der Waals surface area contributed by atoms with Crippen molar-refractivity contribution >= 4 is 11.5 Å². The number of nitrogens with zero attached hydrogens (tertiary/aromatic N) is 3. The van der Waals surface area contributed by atoms with Crippen LogP contribution in [0, 0.1) is 11.6 Å². The van der Waals surface area contributed by atoms with E-state index >= 15 is 0 Å². The molecule has 0 unspecified atom stereocenters. The second kappa shape index (κ2) is 5.51. The second-order valence-corrected chi connectivity index (χ2v) is 5.64. The number of halogens is 2. The van der Waals surface area contributed by atoms with E-state index in [9.17, 15) is 8.78 Å². The molecule has 1 aliphatic heterocycles. The minimum absolute atomic E-state index is 0.0108. The van der Waals surface area contributed by atoms with Crippen LogP contribution in [0.2, 0.25) is 0 Å². The highest BCUT2D eigenvalue weighted by Gasteiger charge is 2.31. The van der Waals surface area contributed by atoms with Crippen LogP contribution in [0.15, 0.2) is 23.6 Å². The minimum atomic E-state index is -0.828. The highest BCUT2D eigenvalue weighted by molar-refractivity contribution is 7.03. The molecule has 3 rings (SSSR count). The summed E-state index contributed by atoms with van der Waals surface area (Å²) in [7, 11) is 0. The Hall–Kier alpha value is -1.44. The van der Waals surface area contributed by atoms with Gasteiger partial charge in [-0.1, -0.05) is 10.6 Å². The number of hydrogen-bond donors (Lipinski definition) is 1. The molecule has 7 heteroatoms. The Labute approximate surface area is 119 Å². The number of rotatable bonds is 3. The number of likely N-dealkylation sites (tertiary alicyclic amines) is 1. The average molecular weight is 296 g/mol. The fourth-order valence-corrected chi connectivity index (χ4v) is 3.06. The van der Waals surface area contributed by atoms with Gasteiger partial charge in [0.2, 0.25) is 0 Å². The van der Waals surface area contributed by atoms with Gasteiger partial charge >= 0.3 is 0 Å². The first-order valence-corrected chi connectivity index (χ1v) is 7.16. The maximum Gasteiger partial charge on any atom is 0.159 e. The van der Waals surface area contributed by atoms with Crippen molar-refractivity contribution in [2.45, 2.75) is 18.5 Å². The molecule has 0 aliphatic carbocycles. The van der Waals surface area contributed by atoms with Gasteiger partial charge in [0.25, 0.3) is 0 Å². The zero-order valence-corrected chi connectivity index (χ0v) is 11.5. The van der Waals surface area contributed by atoms with E-state index < -0.39 is 11.6 Å². The molecular weight excluding hydrogens is 282 g/mol. The highest BCUT2D eigenvalue weighted by Crippen LogP contribution is 2.28. The summed E-state index contributed by atoms with van der Waals surface area (Å²) in [4.78, 5) is 2.16. The number of aromatic nitrogens is 2. The van der Waals surface area contributed by atoms with Crippen LogP contribution in [-0.2, 0) is 6.54 Å². The zero-order valence-electron chi connectivity index (χ0n) is 10.7. The summed E-state index contributed by atoms with van der Waals surface area (Å²) < 4.78 is 30.1. The van der Waals surface area contributed by atoms with E-state index in [0.29, 0.717) is 19.6 Å². The quantitative estimate of drug-likeness (QED) is 0.937. The van der Waals surface area contributed by atoms with E-state index in [1.165, 1.54) is 17.6 Å². The van der Waals surface area contributed by atoms with E-state index in [1.807, 2.05) is 5.38 Å². The van der Waals surface area contributed by atoms with Crippen molar-refractivity contribution in [2.24, 2.45) is 5.73 Å². The van der Waals surface area contributed by atoms with Gasteiger partial charge in [-0.15, -0.1) is 5.10 Å². The molecule has 2 atom stereocenters. The maximum atomic E-state index is 13.3. The summed E-state index contributed by atoms with van der Waals surface area (Å²) in [6, 6.07) is 3.92. The third kappa shape index (κ3) is 2.70. The van der Waals surface area contributed by atoms with E-state index in [1.54, 1.807) is 6.07 Å². The van der Waals surface area contributed by atoms with Gasteiger partial charge in [-0.05, 0) is 29.2 Å². The summed E-state index contributed by atoms with van der Waals surface area (Å²) >= 11 is 1.31. The molecule has 1 fully saturated rings. The van der Waals surface area contributed by atoms with Crippen molar-refractivity contribution in [3.63, 3.8) is 0 Å². The van der Waals surface area contributed by atoms with E-state index in [-0.39, 0.29) is 12.0 Å². The van der Waals surface area contributed by atoms with Gasteiger partial charge in [-0.2, -0.15) is 0 Å². The summed E-state index contributed by atoms with van der Waals surface area (Å²) in [6.07, 6.45) is 0. The third-order valence-electron chi connectivity index (χ3n) is 3.60. The Bertz CT molecular complexity index is 590. The van der Waals surface area contributed by atoms with Crippen LogP contribution in [0.4, 0.5) is 8.78 Å². The predicted octanol–water partition coefficient (Wildman–Crippen LogP) is 1.74. The molecule has 106 valence electrons. The van der Waals surface area contributed by atoms with Gasteiger partial charge < -0.3 is 5.73 Å². The molecule has 1 aromatic carbocycles. The van der Waals surface area contributed by atoms with E-state index in [4.69, 9.17) is 5.73 Å². The molecular formula is C13H14F2N4S. The van der Waals surface area contributed by atoms with Crippen LogP contribution < -0.4 is 5.73 Å². The summed E-state index contributed by atoms with van der Waals surface area (Å²) in [5, 5.41) is 5.90. The Balaban J connectivity index is 1.73. The third-order valence-corrected chi connectivity index (χ3v) is 4.16. The van der Waals surface area contributed by atoms with Gasteiger partial charge in [-0.3, -0.25) is 4.90 Å². The smallest absolute Gasteiger partial charge is 0.159 e. The Morgan fingerprint density at radius 2 is 2.15 bits per heavy atom. The molecule has 1 aliphatic rings. The Morgan fingerprint density at radius 1 is 1.30 bits per heavy atom. The summed E-state index contributed by atoms with van der Waals surface area (Å²) in [6.45, 7) is 2.11. The normalized spacial score (nSPS) is 23.4. The monoisotopic (exact) mass is 296 g/mol. The van der Waals surface area contributed by atoms with Crippen LogP contribution in [0.25, 0.3) is 0 Å². The summed E-state index contributed by atoms with van der Waals surface area (Å²) in [5.41, 5.74) is 7.78. The molecule has 20 heavy (non-hydrogen) atoms. The van der Waals surface area contributed by atoms with Gasteiger partial charge in [-0.25, -0.2) is 8.78 Å². The van der Waals surface area contributed by atoms with Gasteiger partial charge in [0.15, 0.2) is 11.6 Å². The first-order valence-electron chi connectivity index (χ1n) is 6.32. The highest BCUT2D eigenvalue weighted by atomic mass is 32.1. The largest absolute Gasteiger partial charge is 0.326 e. The zero-order chi connectivity index (χ0) is 14.1. The Kier molecular flexibility index (Phi) is 3.73. The molecule has 0 spiro atoms. The fourth-order valence-electron chi connectivity index (χ4n) is 2.62. The lowest BCUT2D eigenvalue weighted by Gasteiger charge is -2.15. The van der Waals surface area contributed by atoms with E-state index in [2.05, 4.69) is 14.5 Å². The molecule has 2 heterocycles. The topological polar surface area (TPSA) is 55.0 Å². The molecule has 2 N–H and O–H groups in total. The lowest BCUT2D eigenvalue weighted by Crippen LogP contribution is -2.28. The first-order chi connectivity index (χ1) is 9.63. The lowest BCUT2D eigenvalue weighted by molar-refractivity contribution is 0.319. The molecule has 0 bridgehead atoms. The molecule has 0 amide bonds. The second-order valence-electron chi connectivity index (χ2n) is 5.03. The SMILES string of the molecule is N[C@@H]1CN(Cc2csnn2)C[C@H]1c1ccc(F)c(F)c1. The average Bonchev–Trinajstić information content (AvgIpc) is 3.03. The van der Waals surface area contributed by atoms with Crippen molar-refractivity contribution in [3.05, 3.63) is 46.5 Å². The van der Waals surface area contributed by atoms with Crippen LogP contribution in [0.1, 0.15) is 17.2 Å². The van der Waals surface area contributed by atoms with Crippen molar-refractivity contribution < 1.29 is 8.78 Å². The molecule has 4 nitrogen and oxygen atoms in total. The van der Waals surface area contributed by atoms with Crippen molar-refractivity contribution in [1.82, 2.24) is 14.5 Å². The fraction of sp³-hybridized carbons (Fsp3) is 0.385. The van der Waals surface area contributed by atoms with Gasteiger partial charge in [0.1, 0.15) is 0 Å². The number of hydrogen-bond acceptors (Lipinski definition) is 5. The van der Waals surface area contributed by atoms with Crippen molar-refractivity contribution in [1.29, 1.82) is 0 Å². The van der Waals surface area contributed by atoms with Crippen LogP contribution in [0.5, 0.6) is 0 Å². The first kappa shape index (κ1) is 13.5. The number of benzene rings is 1. The minimum Gasteiger partial charge on any atom is -0.326 e. The standard InChI is InChI=1S/C13H14F2N4S/c14-11-2-1-8(3-12(11)15)10-5-19(6-13(10)16)4-9-7-20-18-17-9/h1-3,7,10,13H,4-6,16H2/t10-,13+/m0/s1. The van der Waals surface area contributed by atoms with Gasteiger partial charge in [0, 0.05) is 37.0 Å². The van der Waals surface area contributed by atoms with Crippen LogP contribution in [-0.4, -0.2) is 33.6 Å². The van der Waals surface area contributed by atoms with Crippen LogP contribution in [0.3, 0.4) is 0 Å². The predicted molar refractivity (Wildman–Crippen MR) is 72.3 cm³/mol. The molecule has 0 saturated carbocycles. The van der Waals surface area contributed by atoms with E-state index in [0.717, 1.165) is 17.3 Å². The Morgan fingerprint density at radius 3 is 2.85 bits per heavy atom. The maximum absolute atomic E-state index is 13.3. The lowest BCUT2D eigenvalue weighted by atomic mass is 9.95. The van der Waals surface area contributed by atoms with Crippen LogP contribution >= 0.6 is 11.5 Å². The van der Waals surface area contributed by atoms with Crippen molar-refractivity contribution in [3.8, 4) is 0 Å². The molecule has 1 saturated heterocycles. The van der Waals surface area contributed by atoms with Crippen molar-refractivity contribution in [2.75, 3.05) is 13.1 Å². The molecule has 0 radical (unpaired) electrons. The summed E-state index contributed by atoms with van der Waals surface area (Å²) in [5.74, 6) is -1.64. The van der Waals surface area contributed by atoms with Gasteiger partial charge in [0.05, 0.1) is 5.69 Å².